The van der Waals surface area contributed by atoms with E-state index in [1.165, 1.54) is 51.4 Å². The van der Waals surface area contributed by atoms with Crippen LogP contribution in [-0.4, -0.2) is 6.54 Å². The molecular weight excluding hydrogens is 218 g/mol. The van der Waals surface area contributed by atoms with Crippen LogP contribution in [0.3, 0.4) is 0 Å². The molecule has 2 aliphatic rings. The van der Waals surface area contributed by atoms with Crippen LogP contribution < -0.4 is 5.73 Å². The molecule has 2 N–H and O–H groups in total. The molecule has 3 rings (SSSR count). The molecule has 0 radical (unpaired) electrons. The van der Waals surface area contributed by atoms with Gasteiger partial charge in [-0.25, -0.2) is 0 Å². The largest absolute Gasteiger partial charge is 0.330 e. The van der Waals surface area contributed by atoms with Crippen molar-refractivity contribution in [1.82, 2.24) is 0 Å². The second kappa shape index (κ2) is 5.05. The molecule has 0 amide bonds. The molecule has 1 saturated carbocycles. The van der Waals surface area contributed by atoms with Crippen molar-refractivity contribution < 1.29 is 0 Å². The molecule has 0 spiro atoms. The molecule has 0 heterocycles. The fourth-order valence-electron chi connectivity index (χ4n) is 4.12. The fourth-order valence-corrected chi connectivity index (χ4v) is 4.12. The van der Waals surface area contributed by atoms with Crippen LogP contribution in [0.25, 0.3) is 0 Å². The molecule has 1 nitrogen and oxygen atoms in total. The average molecular weight is 243 g/mol. The minimum atomic E-state index is 0.406. The highest BCUT2D eigenvalue weighted by Crippen LogP contribution is 2.43. The molecule has 1 unspecified atom stereocenters. The lowest BCUT2D eigenvalue weighted by Gasteiger charge is -2.39. The first-order chi connectivity index (χ1) is 8.81. The van der Waals surface area contributed by atoms with Crippen molar-refractivity contribution in [2.45, 2.75) is 51.4 Å². The maximum Gasteiger partial charge on any atom is -0.00171 e. The van der Waals surface area contributed by atoms with E-state index in [0.29, 0.717) is 5.41 Å². The highest BCUT2D eigenvalue weighted by Gasteiger charge is 2.35. The Bertz CT molecular complexity index is 406. The number of nitrogens with two attached hydrogens (primary N) is 1. The number of hydrogen-bond acceptors (Lipinski definition) is 1. The van der Waals surface area contributed by atoms with E-state index in [9.17, 15) is 0 Å². The van der Waals surface area contributed by atoms with Crippen LogP contribution in [0.2, 0.25) is 0 Å². The van der Waals surface area contributed by atoms with Crippen molar-refractivity contribution in [1.29, 1.82) is 0 Å². The minimum Gasteiger partial charge on any atom is -0.330 e. The van der Waals surface area contributed by atoms with Crippen molar-refractivity contribution in [2.75, 3.05) is 6.54 Å². The van der Waals surface area contributed by atoms with Gasteiger partial charge in [-0.2, -0.15) is 0 Å². The van der Waals surface area contributed by atoms with E-state index in [4.69, 9.17) is 5.73 Å². The van der Waals surface area contributed by atoms with E-state index < -0.39 is 0 Å². The van der Waals surface area contributed by atoms with Crippen LogP contribution in [0.4, 0.5) is 0 Å². The molecule has 98 valence electrons. The Morgan fingerprint density at radius 1 is 1.11 bits per heavy atom. The van der Waals surface area contributed by atoms with Gasteiger partial charge in [0.25, 0.3) is 0 Å². The van der Waals surface area contributed by atoms with E-state index in [1.54, 1.807) is 11.1 Å². The Morgan fingerprint density at radius 2 is 1.83 bits per heavy atom. The Labute approximate surface area is 111 Å². The molecule has 0 aliphatic heterocycles. The molecule has 18 heavy (non-hydrogen) atoms. The second-order valence-electron chi connectivity index (χ2n) is 6.50. The van der Waals surface area contributed by atoms with Crippen LogP contribution >= 0.6 is 0 Å². The maximum absolute atomic E-state index is 6.17. The molecule has 1 aromatic rings. The summed E-state index contributed by atoms with van der Waals surface area (Å²) in [6.45, 7) is 0.873. The maximum atomic E-state index is 6.17. The lowest BCUT2D eigenvalue weighted by molar-refractivity contribution is 0.193. The standard InChI is InChI=1S/C17H25N/c18-13-17(11-14-5-1-2-6-14)10-9-15-7-3-4-8-16(15)12-17/h3-4,7-8,14H,1-2,5-6,9-13,18H2. The molecular formula is C17H25N. The number of benzene rings is 1. The van der Waals surface area contributed by atoms with Crippen LogP contribution in [0.5, 0.6) is 0 Å². The first kappa shape index (κ1) is 12.2. The van der Waals surface area contributed by atoms with Crippen molar-refractivity contribution >= 4 is 0 Å². The van der Waals surface area contributed by atoms with Gasteiger partial charge in [-0.3, -0.25) is 0 Å². The first-order valence-electron chi connectivity index (χ1n) is 7.58. The summed E-state index contributed by atoms with van der Waals surface area (Å²) in [5.74, 6) is 0.957. The zero-order valence-corrected chi connectivity index (χ0v) is 11.3. The smallest absolute Gasteiger partial charge is 0.00171 e. The molecule has 1 heteroatoms. The number of aryl methyl sites for hydroxylation is 1. The SMILES string of the molecule is NCC1(CC2CCCC2)CCc2ccccc2C1. The van der Waals surface area contributed by atoms with Gasteiger partial charge in [-0.1, -0.05) is 49.9 Å². The van der Waals surface area contributed by atoms with Crippen molar-refractivity contribution in [3.8, 4) is 0 Å². The summed E-state index contributed by atoms with van der Waals surface area (Å²) >= 11 is 0. The normalized spacial score (nSPS) is 28.3. The summed E-state index contributed by atoms with van der Waals surface area (Å²) in [6, 6.07) is 8.96. The number of rotatable bonds is 3. The summed E-state index contributed by atoms with van der Waals surface area (Å²) in [7, 11) is 0. The van der Waals surface area contributed by atoms with E-state index in [0.717, 1.165) is 12.5 Å². The van der Waals surface area contributed by atoms with E-state index >= 15 is 0 Å². The summed E-state index contributed by atoms with van der Waals surface area (Å²) in [6.07, 6.45) is 10.9. The van der Waals surface area contributed by atoms with Crippen LogP contribution in [0.1, 0.15) is 49.7 Å². The predicted molar refractivity (Wildman–Crippen MR) is 76.5 cm³/mol. The highest BCUT2D eigenvalue weighted by atomic mass is 14.6. The van der Waals surface area contributed by atoms with Crippen molar-refractivity contribution in [3.63, 3.8) is 0 Å². The quantitative estimate of drug-likeness (QED) is 0.860. The third kappa shape index (κ3) is 2.33. The molecule has 2 aliphatic carbocycles. The summed E-state index contributed by atoms with van der Waals surface area (Å²) in [5.41, 5.74) is 9.70. The van der Waals surface area contributed by atoms with Gasteiger partial charge in [0.05, 0.1) is 0 Å². The zero-order chi connectivity index (χ0) is 12.4. The monoisotopic (exact) mass is 243 g/mol. The molecule has 1 fully saturated rings. The minimum absolute atomic E-state index is 0.406. The van der Waals surface area contributed by atoms with Crippen LogP contribution in [0.15, 0.2) is 24.3 Å². The number of hydrogen-bond donors (Lipinski definition) is 1. The summed E-state index contributed by atoms with van der Waals surface area (Å²) in [5, 5.41) is 0. The lowest BCUT2D eigenvalue weighted by atomic mass is 9.67. The topological polar surface area (TPSA) is 26.0 Å². The van der Waals surface area contributed by atoms with Gasteiger partial charge in [-0.15, -0.1) is 0 Å². The molecule has 1 atom stereocenters. The van der Waals surface area contributed by atoms with Gasteiger partial charge in [0.15, 0.2) is 0 Å². The first-order valence-corrected chi connectivity index (χ1v) is 7.58. The van der Waals surface area contributed by atoms with Gasteiger partial charge in [0.1, 0.15) is 0 Å². The van der Waals surface area contributed by atoms with Gasteiger partial charge in [0.2, 0.25) is 0 Å². The van der Waals surface area contributed by atoms with Crippen molar-refractivity contribution in [3.05, 3.63) is 35.4 Å². The van der Waals surface area contributed by atoms with Crippen molar-refractivity contribution in [2.24, 2.45) is 17.1 Å². The highest BCUT2D eigenvalue weighted by molar-refractivity contribution is 5.31. The molecule has 1 aromatic carbocycles. The predicted octanol–water partition coefficient (Wildman–Crippen LogP) is 3.70. The average Bonchev–Trinajstić information content (AvgIpc) is 2.91. The van der Waals surface area contributed by atoms with Crippen LogP contribution in [0, 0.1) is 11.3 Å². The van der Waals surface area contributed by atoms with Gasteiger partial charge in [-0.05, 0) is 54.7 Å². The van der Waals surface area contributed by atoms with Crippen LogP contribution in [-0.2, 0) is 12.8 Å². The molecule has 0 aromatic heterocycles. The fraction of sp³-hybridized carbons (Fsp3) is 0.647. The van der Waals surface area contributed by atoms with Gasteiger partial charge in [0, 0.05) is 0 Å². The van der Waals surface area contributed by atoms with Gasteiger partial charge >= 0.3 is 0 Å². The lowest BCUT2D eigenvalue weighted by Crippen LogP contribution is -2.37. The number of fused-ring (bicyclic) bond motifs is 1. The summed E-state index contributed by atoms with van der Waals surface area (Å²) in [4.78, 5) is 0. The molecule has 0 bridgehead atoms. The van der Waals surface area contributed by atoms with E-state index in [1.807, 2.05) is 0 Å². The third-order valence-electron chi connectivity index (χ3n) is 5.24. The Hall–Kier alpha value is -0.820. The Kier molecular flexibility index (Phi) is 3.43. The van der Waals surface area contributed by atoms with Gasteiger partial charge < -0.3 is 5.73 Å². The second-order valence-corrected chi connectivity index (χ2v) is 6.50. The summed E-state index contributed by atoms with van der Waals surface area (Å²) < 4.78 is 0. The Balaban J connectivity index is 1.77. The zero-order valence-electron chi connectivity index (χ0n) is 11.3. The van der Waals surface area contributed by atoms with E-state index in [2.05, 4.69) is 24.3 Å². The Morgan fingerprint density at radius 3 is 2.56 bits per heavy atom. The third-order valence-corrected chi connectivity index (χ3v) is 5.24. The molecule has 0 saturated heterocycles. The van der Waals surface area contributed by atoms with E-state index in [-0.39, 0.29) is 0 Å².